The lowest BCUT2D eigenvalue weighted by atomic mass is 9.80. The molecular weight excluding hydrogens is 424 g/mol. The minimum absolute atomic E-state index is 0.109. The third kappa shape index (κ3) is 7.07. The highest BCUT2D eigenvalue weighted by molar-refractivity contribution is 6.31. The Balaban J connectivity index is 0.00000151. The van der Waals surface area contributed by atoms with Crippen LogP contribution in [0.5, 0.6) is 0 Å². The van der Waals surface area contributed by atoms with Gasteiger partial charge in [-0.2, -0.15) is 0 Å². The molecule has 1 aliphatic rings. The second kappa shape index (κ2) is 13.8. The molecule has 0 saturated heterocycles. The van der Waals surface area contributed by atoms with Gasteiger partial charge in [0.05, 0.1) is 49.7 Å². The van der Waals surface area contributed by atoms with Crippen LogP contribution in [0.4, 0.5) is 0 Å². The first kappa shape index (κ1) is 26.6. The Morgan fingerprint density at radius 1 is 1.19 bits per heavy atom. The van der Waals surface area contributed by atoms with Crippen molar-refractivity contribution in [2.24, 2.45) is 5.73 Å². The van der Waals surface area contributed by atoms with Gasteiger partial charge in [-0.25, -0.2) is 9.59 Å². The average molecular weight is 455 g/mol. The summed E-state index contributed by atoms with van der Waals surface area (Å²) in [5, 5.41) is 11.1. The normalized spacial score (nSPS) is 15.6. The molecule has 172 valence electrons. The predicted molar refractivity (Wildman–Crippen MR) is 118 cm³/mol. The zero-order chi connectivity index (χ0) is 23.4. The van der Waals surface area contributed by atoms with E-state index in [-0.39, 0.29) is 25.4 Å². The van der Waals surface area contributed by atoms with Crippen molar-refractivity contribution in [3.8, 4) is 0 Å². The molecule has 8 nitrogen and oxygen atoms in total. The van der Waals surface area contributed by atoms with Gasteiger partial charge in [-0.1, -0.05) is 29.8 Å². The summed E-state index contributed by atoms with van der Waals surface area (Å²) in [6.45, 7) is 6.35. The molecular formula is C22H31ClN2O6. The van der Waals surface area contributed by atoms with Crippen LogP contribution in [0.1, 0.15) is 32.3 Å². The van der Waals surface area contributed by atoms with Crippen molar-refractivity contribution in [3.63, 3.8) is 0 Å². The van der Waals surface area contributed by atoms with E-state index >= 15 is 0 Å². The lowest BCUT2D eigenvalue weighted by molar-refractivity contribution is -0.139. The highest BCUT2D eigenvalue weighted by Crippen LogP contribution is 2.41. The highest BCUT2D eigenvalue weighted by Gasteiger charge is 2.39. The second-order valence-electron chi connectivity index (χ2n) is 6.38. The number of halogens is 1. The summed E-state index contributed by atoms with van der Waals surface area (Å²) < 4.78 is 15.8. The SMILES string of the molecule is CCO.CCOC(=O)C1=C(COCCN)NC(C)=C(C(=O)OC)C1c1ccccc1Cl. The molecule has 1 atom stereocenters. The van der Waals surface area contributed by atoms with Gasteiger partial charge in [0.1, 0.15) is 0 Å². The van der Waals surface area contributed by atoms with E-state index < -0.39 is 17.9 Å². The number of carbonyl (C=O) groups is 2. The number of methoxy groups -OCH3 is 1. The van der Waals surface area contributed by atoms with Gasteiger partial charge in [0.2, 0.25) is 0 Å². The van der Waals surface area contributed by atoms with E-state index in [2.05, 4.69) is 5.32 Å². The maximum atomic E-state index is 12.9. The first-order valence-corrected chi connectivity index (χ1v) is 10.3. The van der Waals surface area contributed by atoms with Gasteiger partial charge in [0.15, 0.2) is 0 Å². The van der Waals surface area contributed by atoms with Crippen LogP contribution in [0.3, 0.4) is 0 Å². The summed E-state index contributed by atoms with van der Waals surface area (Å²) in [5.41, 5.74) is 7.70. The van der Waals surface area contributed by atoms with Crippen molar-refractivity contribution in [1.82, 2.24) is 5.32 Å². The zero-order valence-electron chi connectivity index (χ0n) is 18.4. The summed E-state index contributed by atoms with van der Waals surface area (Å²) in [6, 6.07) is 7.05. The molecule has 1 aliphatic heterocycles. The minimum Gasteiger partial charge on any atom is -0.466 e. The summed E-state index contributed by atoms with van der Waals surface area (Å²) >= 11 is 6.42. The van der Waals surface area contributed by atoms with E-state index in [1.165, 1.54) is 7.11 Å². The molecule has 0 fully saturated rings. The van der Waals surface area contributed by atoms with E-state index in [9.17, 15) is 9.59 Å². The first-order chi connectivity index (χ1) is 14.9. The molecule has 0 aliphatic carbocycles. The standard InChI is InChI=1S/C20H25ClN2O5.C2H6O/c1-4-28-20(25)18-15(11-27-10-9-22)23-12(2)16(19(24)26-3)17(18)13-7-5-6-8-14(13)21;1-2-3/h5-8,17,23H,4,9-11,22H2,1-3H3;3H,2H2,1H3. The van der Waals surface area contributed by atoms with Crippen LogP contribution in [0.15, 0.2) is 46.8 Å². The fraction of sp³-hybridized carbons (Fsp3) is 0.455. The number of carbonyl (C=O) groups excluding carboxylic acids is 2. The van der Waals surface area contributed by atoms with Crippen LogP contribution in [0.25, 0.3) is 0 Å². The molecule has 0 spiro atoms. The Hall–Kier alpha value is -2.39. The summed E-state index contributed by atoms with van der Waals surface area (Å²) in [7, 11) is 1.29. The monoisotopic (exact) mass is 454 g/mol. The van der Waals surface area contributed by atoms with Gasteiger partial charge in [-0.05, 0) is 32.4 Å². The van der Waals surface area contributed by atoms with E-state index in [0.29, 0.717) is 40.7 Å². The number of benzene rings is 1. The van der Waals surface area contributed by atoms with Crippen LogP contribution >= 0.6 is 11.6 Å². The number of nitrogens with one attached hydrogen (secondary N) is 1. The molecule has 0 amide bonds. The zero-order valence-corrected chi connectivity index (χ0v) is 19.1. The van der Waals surface area contributed by atoms with Crippen molar-refractivity contribution in [2.75, 3.05) is 40.1 Å². The molecule has 1 heterocycles. The number of ether oxygens (including phenoxy) is 3. The molecule has 0 bridgehead atoms. The number of esters is 2. The van der Waals surface area contributed by atoms with Gasteiger partial charge in [0.25, 0.3) is 0 Å². The Bertz CT molecular complexity index is 822. The minimum atomic E-state index is -0.752. The van der Waals surface area contributed by atoms with Crippen LogP contribution < -0.4 is 11.1 Å². The van der Waals surface area contributed by atoms with Gasteiger partial charge in [-0.15, -0.1) is 0 Å². The quantitative estimate of drug-likeness (QED) is 0.404. The lowest BCUT2D eigenvalue weighted by Crippen LogP contribution is -2.35. The van der Waals surface area contributed by atoms with Crippen molar-refractivity contribution >= 4 is 23.5 Å². The fourth-order valence-corrected chi connectivity index (χ4v) is 3.36. The number of aliphatic hydroxyl groups excluding tert-OH is 1. The Morgan fingerprint density at radius 2 is 1.84 bits per heavy atom. The molecule has 9 heteroatoms. The number of hydrogen-bond donors (Lipinski definition) is 3. The van der Waals surface area contributed by atoms with Crippen molar-refractivity contribution in [3.05, 3.63) is 57.4 Å². The van der Waals surface area contributed by atoms with E-state index in [1.807, 2.05) is 0 Å². The number of dihydropyridines is 1. The molecule has 2 rings (SSSR count). The summed E-state index contributed by atoms with van der Waals surface area (Å²) in [5.74, 6) is -1.86. The molecule has 4 N–H and O–H groups in total. The lowest BCUT2D eigenvalue weighted by Gasteiger charge is -2.31. The summed E-state index contributed by atoms with van der Waals surface area (Å²) in [4.78, 5) is 25.5. The maximum absolute atomic E-state index is 12.9. The van der Waals surface area contributed by atoms with Gasteiger partial charge < -0.3 is 30.4 Å². The third-order valence-corrected chi connectivity index (χ3v) is 4.61. The van der Waals surface area contributed by atoms with Crippen LogP contribution in [-0.2, 0) is 23.8 Å². The first-order valence-electron chi connectivity index (χ1n) is 9.97. The van der Waals surface area contributed by atoms with Gasteiger partial charge in [0, 0.05) is 23.9 Å². The fourth-order valence-electron chi connectivity index (χ4n) is 3.12. The molecule has 0 radical (unpaired) electrons. The maximum Gasteiger partial charge on any atom is 0.336 e. The van der Waals surface area contributed by atoms with Crippen molar-refractivity contribution < 1.29 is 28.9 Å². The summed E-state index contributed by atoms with van der Waals surface area (Å²) in [6.07, 6.45) is 0. The number of allylic oxidation sites excluding steroid dienone is 1. The Labute approximate surface area is 188 Å². The Kier molecular flexibility index (Phi) is 11.9. The third-order valence-electron chi connectivity index (χ3n) is 4.27. The van der Waals surface area contributed by atoms with E-state index in [4.69, 9.17) is 36.7 Å². The smallest absolute Gasteiger partial charge is 0.336 e. The number of hydrogen-bond acceptors (Lipinski definition) is 8. The number of nitrogens with two attached hydrogens (primary N) is 1. The van der Waals surface area contributed by atoms with Crippen LogP contribution in [0, 0.1) is 0 Å². The molecule has 1 aromatic carbocycles. The number of rotatable bonds is 8. The predicted octanol–water partition coefficient (Wildman–Crippen LogP) is 2.26. The average Bonchev–Trinajstić information content (AvgIpc) is 2.74. The topological polar surface area (TPSA) is 120 Å². The van der Waals surface area contributed by atoms with Crippen molar-refractivity contribution in [1.29, 1.82) is 0 Å². The molecule has 0 saturated carbocycles. The van der Waals surface area contributed by atoms with Crippen molar-refractivity contribution in [2.45, 2.75) is 26.7 Å². The largest absolute Gasteiger partial charge is 0.466 e. The Morgan fingerprint density at radius 3 is 2.39 bits per heavy atom. The van der Waals surface area contributed by atoms with Crippen LogP contribution in [-0.4, -0.2) is 57.1 Å². The molecule has 1 aromatic rings. The number of aliphatic hydroxyl groups is 1. The van der Waals surface area contributed by atoms with Crippen LogP contribution in [0.2, 0.25) is 5.02 Å². The second-order valence-corrected chi connectivity index (χ2v) is 6.79. The van der Waals surface area contributed by atoms with Gasteiger partial charge in [-0.3, -0.25) is 0 Å². The highest BCUT2D eigenvalue weighted by atomic mass is 35.5. The van der Waals surface area contributed by atoms with E-state index in [1.54, 1.807) is 45.0 Å². The molecule has 0 aromatic heterocycles. The van der Waals surface area contributed by atoms with Gasteiger partial charge >= 0.3 is 11.9 Å². The molecule has 31 heavy (non-hydrogen) atoms. The van der Waals surface area contributed by atoms with E-state index in [0.717, 1.165) is 0 Å². The molecule has 1 unspecified atom stereocenters.